The third kappa shape index (κ3) is 6.03. The van der Waals surface area contributed by atoms with E-state index < -0.39 is 7.60 Å². The Morgan fingerprint density at radius 3 is 1.79 bits per heavy atom. The molecule has 3 rings (SSSR count). The largest absolute Gasteiger partial charge is 0.483 e. The molecule has 0 atom stereocenters. The predicted octanol–water partition coefficient (Wildman–Crippen LogP) is 3.10. The molecule has 150 valence electrons. The summed E-state index contributed by atoms with van der Waals surface area (Å²) in [5.74, 6) is -0.272. The number of nitrogens with zero attached hydrogens (tertiary/aromatic N) is 1. The highest BCUT2D eigenvalue weighted by molar-refractivity contribution is 7.60. The first-order chi connectivity index (χ1) is 13.9. The molecule has 0 unspecified atom stereocenters. The lowest BCUT2D eigenvalue weighted by molar-refractivity contribution is -0.134. The fraction of sp³-hybridized carbons (Fsp3) is 0.136. The Kier molecular flexibility index (Phi) is 6.83. The normalized spacial score (nSPS) is 11.1. The minimum atomic E-state index is -4.50. The molecule has 0 aromatic heterocycles. The Hall–Kier alpha value is -2.92. The topological polar surface area (TPSA) is 87.1 Å². The lowest BCUT2D eigenvalue weighted by atomic mass is 10.1. The van der Waals surface area contributed by atoms with Crippen LogP contribution in [0.25, 0.3) is 0 Å². The number of rotatable bonds is 8. The van der Waals surface area contributed by atoms with Gasteiger partial charge in [-0.3, -0.25) is 9.36 Å². The van der Waals surface area contributed by atoms with E-state index in [1.54, 1.807) is 11.0 Å². The summed E-state index contributed by atoms with van der Waals surface area (Å²) in [5, 5.41) is -0.231. The molecule has 29 heavy (non-hydrogen) atoms. The van der Waals surface area contributed by atoms with Crippen molar-refractivity contribution in [2.75, 3.05) is 6.61 Å². The van der Waals surface area contributed by atoms with E-state index in [0.29, 0.717) is 13.1 Å². The van der Waals surface area contributed by atoms with Crippen LogP contribution in [0.3, 0.4) is 0 Å². The summed E-state index contributed by atoms with van der Waals surface area (Å²) >= 11 is 0. The van der Waals surface area contributed by atoms with E-state index in [-0.39, 0.29) is 23.6 Å². The minimum absolute atomic E-state index is 0.00792. The quantitative estimate of drug-likeness (QED) is 0.557. The van der Waals surface area contributed by atoms with Gasteiger partial charge in [0.25, 0.3) is 5.91 Å². The third-order valence-electron chi connectivity index (χ3n) is 4.32. The van der Waals surface area contributed by atoms with Crippen molar-refractivity contribution in [3.05, 3.63) is 96.1 Å². The van der Waals surface area contributed by atoms with Gasteiger partial charge in [0.05, 0.1) is 0 Å². The molecular weight excluding hydrogens is 389 g/mol. The van der Waals surface area contributed by atoms with Crippen molar-refractivity contribution in [3.8, 4) is 5.75 Å². The van der Waals surface area contributed by atoms with E-state index in [1.807, 2.05) is 60.7 Å². The van der Waals surface area contributed by atoms with Gasteiger partial charge in [-0.2, -0.15) is 0 Å². The summed E-state index contributed by atoms with van der Waals surface area (Å²) in [6, 6.07) is 25.1. The van der Waals surface area contributed by atoms with Crippen molar-refractivity contribution in [1.29, 1.82) is 0 Å². The maximum atomic E-state index is 12.9. The summed E-state index contributed by atoms with van der Waals surface area (Å²) in [4.78, 5) is 33.5. The molecule has 3 aromatic carbocycles. The Morgan fingerprint density at radius 2 is 1.28 bits per heavy atom. The number of benzene rings is 3. The highest BCUT2D eigenvalue weighted by Gasteiger charge is 2.23. The van der Waals surface area contributed by atoms with E-state index >= 15 is 0 Å². The van der Waals surface area contributed by atoms with Gasteiger partial charge in [0, 0.05) is 13.1 Å². The monoisotopic (exact) mass is 411 g/mol. The second-order valence-electron chi connectivity index (χ2n) is 6.52. The van der Waals surface area contributed by atoms with Gasteiger partial charge in [0.1, 0.15) is 11.1 Å². The molecule has 3 aromatic rings. The van der Waals surface area contributed by atoms with Gasteiger partial charge >= 0.3 is 7.60 Å². The average molecular weight is 411 g/mol. The van der Waals surface area contributed by atoms with Crippen LogP contribution in [0.2, 0.25) is 0 Å². The zero-order valence-corrected chi connectivity index (χ0v) is 16.6. The van der Waals surface area contributed by atoms with Gasteiger partial charge in [-0.1, -0.05) is 72.8 Å². The molecule has 0 fully saturated rings. The summed E-state index contributed by atoms with van der Waals surface area (Å²) in [5.41, 5.74) is 1.96. The Bertz CT molecular complexity index is 947. The summed E-state index contributed by atoms with van der Waals surface area (Å²) in [6.45, 7) is 0.479. The standard InChI is InChI=1S/C22H22NO5P/c24-22(17-28-20-13-7-8-14-21(20)29(25,26)27)23(15-18-9-3-1-4-10-18)16-19-11-5-2-6-12-19/h1-14H,15-17H2,(H2,25,26,27). The summed E-state index contributed by atoms with van der Waals surface area (Å²) in [7, 11) is -4.50. The van der Waals surface area contributed by atoms with Crippen LogP contribution in [-0.4, -0.2) is 27.2 Å². The van der Waals surface area contributed by atoms with Gasteiger partial charge in [0.2, 0.25) is 0 Å². The second kappa shape index (κ2) is 9.52. The van der Waals surface area contributed by atoms with Crippen molar-refractivity contribution in [2.24, 2.45) is 0 Å². The van der Waals surface area contributed by atoms with Crippen molar-refractivity contribution in [3.63, 3.8) is 0 Å². The highest BCUT2D eigenvalue weighted by Crippen LogP contribution is 2.37. The molecule has 0 aliphatic carbocycles. The summed E-state index contributed by atoms with van der Waals surface area (Å²) in [6.07, 6.45) is 0. The molecule has 0 heterocycles. The molecule has 0 saturated heterocycles. The van der Waals surface area contributed by atoms with E-state index in [2.05, 4.69) is 0 Å². The minimum Gasteiger partial charge on any atom is -0.483 e. The van der Waals surface area contributed by atoms with Crippen molar-refractivity contribution >= 4 is 18.8 Å². The van der Waals surface area contributed by atoms with Gasteiger partial charge < -0.3 is 19.4 Å². The number of para-hydroxylation sites is 1. The number of hydrogen-bond donors (Lipinski definition) is 2. The van der Waals surface area contributed by atoms with Crippen LogP contribution in [0, 0.1) is 0 Å². The van der Waals surface area contributed by atoms with E-state index in [9.17, 15) is 19.1 Å². The van der Waals surface area contributed by atoms with E-state index in [1.165, 1.54) is 18.2 Å². The number of amides is 1. The first kappa shape index (κ1) is 20.8. The first-order valence-electron chi connectivity index (χ1n) is 9.07. The zero-order valence-electron chi connectivity index (χ0n) is 15.7. The molecule has 0 bridgehead atoms. The Labute approximate surface area is 169 Å². The van der Waals surface area contributed by atoms with Crippen molar-refractivity contribution < 1.29 is 23.9 Å². The molecule has 0 aliphatic rings. The zero-order chi connectivity index (χ0) is 20.7. The highest BCUT2D eigenvalue weighted by atomic mass is 31.2. The van der Waals surface area contributed by atoms with Crippen LogP contribution in [0.5, 0.6) is 5.75 Å². The molecule has 0 spiro atoms. The van der Waals surface area contributed by atoms with Crippen LogP contribution < -0.4 is 10.0 Å². The molecule has 0 aliphatic heterocycles. The average Bonchev–Trinajstić information content (AvgIpc) is 2.72. The van der Waals surface area contributed by atoms with Gasteiger partial charge in [-0.15, -0.1) is 0 Å². The molecule has 7 heteroatoms. The predicted molar refractivity (Wildman–Crippen MR) is 111 cm³/mol. The summed E-state index contributed by atoms with van der Waals surface area (Å²) < 4.78 is 17.1. The van der Waals surface area contributed by atoms with Crippen LogP contribution in [0.4, 0.5) is 0 Å². The number of carbonyl (C=O) groups excluding carboxylic acids is 1. The SMILES string of the molecule is O=C(COc1ccccc1P(=O)(O)O)N(Cc1ccccc1)Cc1ccccc1. The van der Waals surface area contributed by atoms with Gasteiger partial charge in [-0.05, 0) is 23.3 Å². The van der Waals surface area contributed by atoms with Crippen molar-refractivity contribution in [2.45, 2.75) is 13.1 Å². The van der Waals surface area contributed by atoms with E-state index in [0.717, 1.165) is 11.1 Å². The van der Waals surface area contributed by atoms with Crippen LogP contribution in [0.15, 0.2) is 84.9 Å². The molecule has 0 saturated carbocycles. The number of hydrogen-bond acceptors (Lipinski definition) is 3. The van der Waals surface area contributed by atoms with Crippen LogP contribution in [-0.2, 0) is 22.4 Å². The smallest absolute Gasteiger partial charge is 0.359 e. The molecule has 2 N–H and O–H groups in total. The Morgan fingerprint density at radius 1 is 0.793 bits per heavy atom. The maximum absolute atomic E-state index is 12.9. The van der Waals surface area contributed by atoms with Crippen LogP contribution in [0.1, 0.15) is 11.1 Å². The number of carbonyl (C=O) groups is 1. The van der Waals surface area contributed by atoms with Crippen LogP contribution >= 0.6 is 7.60 Å². The third-order valence-corrected chi connectivity index (χ3v) is 5.31. The molecule has 0 radical (unpaired) electrons. The lowest BCUT2D eigenvalue weighted by Crippen LogP contribution is -2.34. The van der Waals surface area contributed by atoms with E-state index in [4.69, 9.17) is 4.74 Å². The fourth-order valence-electron chi connectivity index (χ4n) is 2.89. The van der Waals surface area contributed by atoms with Crippen molar-refractivity contribution in [1.82, 2.24) is 4.90 Å². The Balaban J connectivity index is 1.75. The maximum Gasteiger partial charge on any atom is 0.359 e. The van der Waals surface area contributed by atoms with Gasteiger partial charge in [0.15, 0.2) is 6.61 Å². The first-order valence-corrected chi connectivity index (χ1v) is 10.7. The van der Waals surface area contributed by atoms with Gasteiger partial charge in [-0.25, -0.2) is 0 Å². The molecular formula is C22H22NO5P. The second-order valence-corrected chi connectivity index (χ2v) is 8.09. The lowest BCUT2D eigenvalue weighted by Gasteiger charge is -2.23. The fourth-order valence-corrected chi connectivity index (χ4v) is 3.60. The molecule has 6 nitrogen and oxygen atoms in total. The number of ether oxygens (including phenoxy) is 1. The molecule has 1 amide bonds.